The van der Waals surface area contributed by atoms with E-state index in [4.69, 9.17) is 5.73 Å². The van der Waals surface area contributed by atoms with E-state index in [1.807, 2.05) is 24.3 Å². The number of carbonyl (C=O) groups is 1. The predicted molar refractivity (Wildman–Crippen MR) is 77.8 cm³/mol. The number of nitrogens with two attached hydrogens (primary N) is 1. The number of aromatic nitrogens is 1. The van der Waals surface area contributed by atoms with Crippen molar-refractivity contribution in [3.05, 3.63) is 36.7 Å². The Labute approximate surface area is 113 Å². The van der Waals surface area contributed by atoms with E-state index in [0.717, 1.165) is 16.5 Å². The first-order chi connectivity index (χ1) is 9.08. The lowest BCUT2D eigenvalue weighted by Crippen LogP contribution is -2.36. The highest BCUT2D eigenvalue weighted by atomic mass is 16.2. The van der Waals surface area contributed by atoms with Crippen LogP contribution in [-0.2, 0) is 4.79 Å². The zero-order valence-corrected chi connectivity index (χ0v) is 11.3. The van der Waals surface area contributed by atoms with Gasteiger partial charge < -0.3 is 11.1 Å². The van der Waals surface area contributed by atoms with Gasteiger partial charge in [-0.05, 0) is 24.5 Å². The molecular formula is C15H19N3O. The third-order valence-electron chi connectivity index (χ3n) is 3.00. The zero-order chi connectivity index (χ0) is 13.8. The highest BCUT2D eigenvalue weighted by molar-refractivity contribution is 6.03. The molecule has 0 saturated heterocycles. The molecule has 1 aromatic heterocycles. The Morgan fingerprint density at radius 3 is 2.89 bits per heavy atom. The van der Waals surface area contributed by atoms with Gasteiger partial charge >= 0.3 is 0 Å². The van der Waals surface area contributed by atoms with Crippen LogP contribution in [0, 0.1) is 5.92 Å². The molecule has 4 nitrogen and oxygen atoms in total. The van der Waals surface area contributed by atoms with Gasteiger partial charge in [0.25, 0.3) is 0 Å². The number of benzene rings is 1. The normalized spacial score (nSPS) is 12.6. The second-order valence-corrected chi connectivity index (χ2v) is 5.13. The standard InChI is InChI=1S/C15H19N3O/c1-10(2)8-13(16)15(19)18-14-5-3-4-11-9-17-7-6-12(11)14/h3-7,9-10,13H,8,16H2,1-2H3,(H,18,19)/t13-/m1/s1. The molecule has 1 aromatic carbocycles. The first-order valence-corrected chi connectivity index (χ1v) is 6.47. The van der Waals surface area contributed by atoms with Gasteiger partial charge in [-0.3, -0.25) is 9.78 Å². The van der Waals surface area contributed by atoms with Gasteiger partial charge in [-0.15, -0.1) is 0 Å². The lowest BCUT2D eigenvalue weighted by Gasteiger charge is -2.15. The quantitative estimate of drug-likeness (QED) is 0.884. The lowest BCUT2D eigenvalue weighted by molar-refractivity contribution is -0.117. The van der Waals surface area contributed by atoms with Crippen molar-refractivity contribution in [3.63, 3.8) is 0 Å². The Bertz CT molecular complexity index is 575. The third-order valence-corrected chi connectivity index (χ3v) is 3.00. The number of nitrogens with one attached hydrogen (secondary N) is 1. The summed E-state index contributed by atoms with van der Waals surface area (Å²) in [5.74, 6) is 0.260. The van der Waals surface area contributed by atoms with Gasteiger partial charge in [-0.25, -0.2) is 0 Å². The SMILES string of the molecule is CC(C)C[C@@H](N)C(=O)Nc1cccc2cnccc12. The lowest BCUT2D eigenvalue weighted by atomic mass is 10.0. The van der Waals surface area contributed by atoms with Crippen LogP contribution in [0.5, 0.6) is 0 Å². The van der Waals surface area contributed by atoms with E-state index in [2.05, 4.69) is 24.1 Å². The Balaban J connectivity index is 2.19. The molecule has 2 rings (SSSR count). The number of nitrogens with zero attached hydrogens (tertiary/aromatic N) is 1. The summed E-state index contributed by atoms with van der Waals surface area (Å²) < 4.78 is 0. The smallest absolute Gasteiger partial charge is 0.241 e. The van der Waals surface area contributed by atoms with Gasteiger partial charge in [0.15, 0.2) is 0 Å². The second kappa shape index (κ2) is 5.80. The summed E-state index contributed by atoms with van der Waals surface area (Å²) in [6.07, 6.45) is 4.17. The number of carbonyl (C=O) groups excluding carboxylic acids is 1. The maximum Gasteiger partial charge on any atom is 0.241 e. The predicted octanol–water partition coefficient (Wildman–Crippen LogP) is 2.55. The summed E-state index contributed by atoms with van der Waals surface area (Å²) in [5, 5.41) is 4.87. The minimum absolute atomic E-state index is 0.141. The van der Waals surface area contributed by atoms with E-state index in [1.54, 1.807) is 12.4 Å². The zero-order valence-electron chi connectivity index (χ0n) is 11.3. The Morgan fingerprint density at radius 2 is 2.16 bits per heavy atom. The first-order valence-electron chi connectivity index (χ1n) is 6.47. The van der Waals surface area contributed by atoms with Gasteiger partial charge in [0.05, 0.1) is 6.04 Å². The van der Waals surface area contributed by atoms with Crippen molar-refractivity contribution in [2.45, 2.75) is 26.3 Å². The minimum atomic E-state index is -0.475. The van der Waals surface area contributed by atoms with E-state index < -0.39 is 6.04 Å². The molecule has 0 aliphatic heterocycles. The van der Waals surface area contributed by atoms with Crippen LogP contribution in [0.3, 0.4) is 0 Å². The number of rotatable bonds is 4. The number of hydrogen-bond acceptors (Lipinski definition) is 3. The summed E-state index contributed by atoms with van der Waals surface area (Å²) in [5.41, 5.74) is 6.67. The van der Waals surface area contributed by atoms with Crippen LogP contribution >= 0.6 is 0 Å². The average Bonchev–Trinajstić information content (AvgIpc) is 2.38. The van der Waals surface area contributed by atoms with Gasteiger partial charge in [0.2, 0.25) is 5.91 Å². The summed E-state index contributed by atoms with van der Waals surface area (Å²) >= 11 is 0. The molecule has 0 aliphatic rings. The summed E-state index contributed by atoms with van der Waals surface area (Å²) in [7, 11) is 0. The largest absolute Gasteiger partial charge is 0.324 e. The van der Waals surface area contributed by atoms with E-state index in [9.17, 15) is 4.79 Å². The van der Waals surface area contributed by atoms with Crippen molar-refractivity contribution < 1.29 is 4.79 Å². The van der Waals surface area contributed by atoms with Crippen LogP contribution in [0.1, 0.15) is 20.3 Å². The topological polar surface area (TPSA) is 68.0 Å². The molecule has 0 saturated carbocycles. The van der Waals surface area contributed by atoms with E-state index in [0.29, 0.717) is 12.3 Å². The number of hydrogen-bond donors (Lipinski definition) is 2. The molecule has 1 atom stereocenters. The Kier molecular flexibility index (Phi) is 4.12. The maximum atomic E-state index is 12.0. The summed E-state index contributed by atoms with van der Waals surface area (Å²) in [6.45, 7) is 4.10. The maximum absolute atomic E-state index is 12.0. The molecular weight excluding hydrogens is 238 g/mol. The minimum Gasteiger partial charge on any atom is -0.324 e. The van der Waals surface area contributed by atoms with Crippen molar-refractivity contribution >= 4 is 22.4 Å². The highest BCUT2D eigenvalue weighted by Crippen LogP contribution is 2.22. The van der Waals surface area contributed by atoms with E-state index >= 15 is 0 Å². The molecule has 0 bridgehead atoms. The first kappa shape index (κ1) is 13.5. The van der Waals surface area contributed by atoms with Gasteiger partial charge in [-0.2, -0.15) is 0 Å². The number of anilines is 1. The van der Waals surface area contributed by atoms with Crippen molar-refractivity contribution in [1.29, 1.82) is 0 Å². The molecule has 0 fully saturated rings. The van der Waals surface area contributed by atoms with Crippen LogP contribution in [0.25, 0.3) is 10.8 Å². The molecule has 0 aliphatic carbocycles. The Morgan fingerprint density at radius 1 is 1.37 bits per heavy atom. The molecule has 3 N–H and O–H groups in total. The fourth-order valence-corrected chi connectivity index (χ4v) is 2.07. The molecule has 0 unspecified atom stereocenters. The molecule has 4 heteroatoms. The van der Waals surface area contributed by atoms with Crippen LogP contribution in [0.4, 0.5) is 5.69 Å². The van der Waals surface area contributed by atoms with Crippen LogP contribution < -0.4 is 11.1 Å². The monoisotopic (exact) mass is 257 g/mol. The fourth-order valence-electron chi connectivity index (χ4n) is 2.07. The van der Waals surface area contributed by atoms with Crippen molar-refractivity contribution in [2.24, 2.45) is 11.7 Å². The van der Waals surface area contributed by atoms with E-state index in [-0.39, 0.29) is 5.91 Å². The van der Waals surface area contributed by atoms with Gasteiger partial charge in [-0.1, -0.05) is 26.0 Å². The molecule has 1 heterocycles. The van der Waals surface area contributed by atoms with Crippen molar-refractivity contribution in [1.82, 2.24) is 4.98 Å². The van der Waals surface area contributed by atoms with Gasteiger partial charge in [0.1, 0.15) is 0 Å². The van der Waals surface area contributed by atoms with Crippen molar-refractivity contribution in [3.8, 4) is 0 Å². The summed E-state index contributed by atoms with van der Waals surface area (Å²) in [4.78, 5) is 16.1. The number of amides is 1. The molecule has 1 amide bonds. The second-order valence-electron chi connectivity index (χ2n) is 5.13. The fraction of sp³-hybridized carbons (Fsp3) is 0.333. The molecule has 0 radical (unpaired) electrons. The number of fused-ring (bicyclic) bond motifs is 1. The number of pyridine rings is 1. The average molecular weight is 257 g/mol. The van der Waals surface area contributed by atoms with E-state index in [1.165, 1.54) is 0 Å². The highest BCUT2D eigenvalue weighted by Gasteiger charge is 2.15. The Hall–Kier alpha value is -1.94. The van der Waals surface area contributed by atoms with Crippen LogP contribution in [0.15, 0.2) is 36.7 Å². The summed E-state index contributed by atoms with van der Waals surface area (Å²) in [6, 6.07) is 7.15. The molecule has 0 spiro atoms. The molecule has 19 heavy (non-hydrogen) atoms. The van der Waals surface area contributed by atoms with Crippen LogP contribution in [0.2, 0.25) is 0 Å². The molecule has 100 valence electrons. The third kappa shape index (κ3) is 3.29. The van der Waals surface area contributed by atoms with Gasteiger partial charge in [0, 0.05) is 28.9 Å². The van der Waals surface area contributed by atoms with Crippen molar-refractivity contribution in [2.75, 3.05) is 5.32 Å². The van der Waals surface area contributed by atoms with Crippen LogP contribution in [-0.4, -0.2) is 16.9 Å². The molecule has 2 aromatic rings.